The minimum atomic E-state index is -1.02. The quantitative estimate of drug-likeness (QED) is 0.0421. The van der Waals surface area contributed by atoms with Crippen LogP contribution in [0.5, 0.6) is 0 Å². The first-order valence-electron chi connectivity index (χ1n) is 30.7. The third-order valence-corrected chi connectivity index (χ3v) is 17.6. The van der Waals surface area contributed by atoms with Crippen LogP contribution in [0.15, 0.2) is 121 Å². The van der Waals surface area contributed by atoms with Gasteiger partial charge in [-0.1, -0.05) is 160 Å². The van der Waals surface area contributed by atoms with E-state index < -0.39 is 48.3 Å². The number of carbonyl (C=O) groups is 8. The summed E-state index contributed by atoms with van der Waals surface area (Å²) in [5, 5.41) is 18.2. The predicted octanol–water partition coefficient (Wildman–Crippen LogP) is 6.07. The number of hydrogen-bond acceptors (Lipinski definition) is 10. The number of carbonyl (C=O) groups excluding carboxylic acids is 8. The van der Waals surface area contributed by atoms with Crippen LogP contribution in [0.2, 0.25) is 0 Å². The van der Waals surface area contributed by atoms with Gasteiger partial charge in [0.15, 0.2) is 0 Å². The number of likely N-dealkylation sites (N-methyl/N-ethyl adjacent to an activating group) is 2. The molecule has 0 radical (unpaired) electrons. The second-order valence-corrected chi connectivity index (χ2v) is 23.2. The molecule has 8 atom stereocenters. The van der Waals surface area contributed by atoms with E-state index in [1.54, 1.807) is 47.5 Å². The van der Waals surface area contributed by atoms with Gasteiger partial charge < -0.3 is 51.5 Å². The van der Waals surface area contributed by atoms with Crippen LogP contribution in [-0.2, 0) is 38.4 Å². The molecule has 8 rings (SSSR count). The normalized spacial score (nSPS) is 21.5. The van der Waals surface area contributed by atoms with Crippen molar-refractivity contribution in [2.45, 2.75) is 177 Å². The first-order valence-corrected chi connectivity index (χ1v) is 30.7. The fraction of sp³-hybridized carbons (Fsp3) is 0.515. The number of rotatable bonds is 25. The molecule has 4 aromatic rings. The lowest BCUT2D eigenvalue weighted by molar-refractivity contribution is -0.147. The molecule has 6 N–H and O–H groups in total. The number of amides is 8. The Kier molecular flexibility index (Phi) is 23.0. The number of fused-ring (bicyclic) bond motifs is 2. The summed E-state index contributed by atoms with van der Waals surface area (Å²) in [6, 6.07) is 32.9. The molecule has 0 saturated carbocycles. The zero-order chi connectivity index (χ0) is 59.5. The van der Waals surface area contributed by atoms with Gasteiger partial charge in [0.2, 0.25) is 47.3 Å². The third kappa shape index (κ3) is 16.3. The number of benzene rings is 4. The van der Waals surface area contributed by atoms with Crippen molar-refractivity contribution in [2.24, 2.45) is 0 Å². The van der Waals surface area contributed by atoms with E-state index in [1.807, 2.05) is 121 Å². The maximum absolute atomic E-state index is 14.6. The molecular formula is C66H88N10O8. The van der Waals surface area contributed by atoms with Gasteiger partial charge in [-0.2, -0.15) is 0 Å². The molecule has 4 aliphatic rings. The second kappa shape index (κ2) is 30.9. The topological polar surface area (TPSA) is 222 Å². The zero-order valence-electron chi connectivity index (χ0n) is 49.5. The number of unbranched alkanes of at least 4 members (excludes halogenated alkanes) is 7. The molecule has 1 unspecified atom stereocenters. The van der Waals surface area contributed by atoms with Gasteiger partial charge >= 0.3 is 0 Å². The molecule has 0 aromatic heterocycles. The molecule has 8 amide bonds. The van der Waals surface area contributed by atoms with E-state index >= 15 is 0 Å². The van der Waals surface area contributed by atoms with Crippen LogP contribution >= 0.6 is 0 Å². The standard InChI is InChI=1S/C66H88N10O8/c1-45(67-3)61(79)69-53-43-73(41-39-51-35-37-55(75(51)65(53)83)63(81)71-59(47-25-15-11-16-26-47)48-27-17-12-18-28-48)57(77)33-23-9-7-5-6-8-10-24-34-58(78)74-42-40-52-36-38-56(76(52)66(84)54(44-74)70-62(80)46(2)68-4)64(82)72-60(49-29-19-13-20-30-49)50-31-21-14-22-32-50/h11-22,25-32,45-46,51-56,59-60,67-68H,5-10,23-24,33-44H2,1-4H3,(H,69,79)(H,70,80)(H,71,81)(H,72,82)/t45-,46-,51+,52+,53-,54-,55-,56?/m0/s1. The summed E-state index contributed by atoms with van der Waals surface area (Å²) in [5.74, 6) is -2.07. The molecule has 4 saturated heterocycles. The van der Waals surface area contributed by atoms with Gasteiger partial charge in [-0.05, 0) is 102 Å². The Balaban J connectivity index is 0.783. The lowest BCUT2D eigenvalue weighted by atomic mass is 9.98. The average molecular weight is 1150 g/mol. The van der Waals surface area contributed by atoms with Crippen LogP contribution in [0.4, 0.5) is 0 Å². The summed E-state index contributed by atoms with van der Waals surface area (Å²) in [5.41, 5.74) is 3.69. The number of hydrogen-bond donors (Lipinski definition) is 6. The van der Waals surface area contributed by atoms with Crippen LogP contribution in [0.1, 0.15) is 151 Å². The fourth-order valence-corrected chi connectivity index (χ4v) is 12.5. The van der Waals surface area contributed by atoms with E-state index in [0.717, 1.165) is 60.8 Å². The Morgan fingerprint density at radius 2 is 0.750 bits per heavy atom. The number of nitrogens with zero attached hydrogens (tertiary/aromatic N) is 4. The first-order chi connectivity index (χ1) is 40.8. The molecule has 4 aromatic carbocycles. The third-order valence-electron chi connectivity index (χ3n) is 17.6. The summed E-state index contributed by atoms with van der Waals surface area (Å²) in [6.07, 6.45) is 10.8. The van der Waals surface area contributed by atoms with Gasteiger partial charge in [0.1, 0.15) is 24.2 Å². The van der Waals surface area contributed by atoms with Gasteiger partial charge in [-0.15, -0.1) is 0 Å². The fourth-order valence-electron chi connectivity index (χ4n) is 12.5. The van der Waals surface area contributed by atoms with Crippen LogP contribution in [0.3, 0.4) is 0 Å². The molecular weight excluding hydrogens is 1060 g/mol. The lowest BCUT2D eigenvalue weighted by Gasteiger charge is -2.39. The summed E-state index contributed by atoms with van der Waals surface area (Å²) in [7, 11) is 3.34. The minimum absolute atomic E-state index is 0.0192. The first kappa shape index (κ1) is 62.6. The summed E-state index contributed by atoms with van der Waals surface area (Å²) >= 11 is 0. The van der Waals surface area contributed by atoms with Gasteiger partial charge in [-0.3, -0.25) is 38.4 Å². The molecule has 4 fully saturated rings. The maximum atomic E-state index is 14.6. The monoisotopic (exact) mass is 1150 g/mol. The summed E-state index contributed by atoms with van der Waals surface area (Å²) in [6.45, 7) is 4.27. The van der Waals surface area contributed by atoms with Crippen molar-refractivity contribution < 1.29 is 38.4 Å². The molecule has 84 heavy (non-hydrogen) atoms. The highest BCUT2D eigenvalue weighted by atomic mass is 16.2. The molecule has 0 spiro atoms. The summed E-state index contributed by atoms with van der Waals surface area (Å²) < 4.78 is 0. The van der Waals surface area contributed by atoms with Gasteiger partial charge in [0, 0.05) is 51.1 Å². The SMILES string of the molecule is CN[C@@H](C)C(=O)N[C@H]1CN(C(=O)CCCCCCCCCCC(=O)N2CC[C@H]3CC[C@@H](C(=O)NC(c4ccccc4)c4ccccc4)N3C(=O)[C@@H](NC(=O)[C@H](C)NC)C2)CC[C@H]2CCC(C(=O)NC(c3ccccc3)c3ccccc3)N2C1=O. The summed E-state index contributed by atoms with van der Waals surface area (Å²) in [4.78, 5) is 119. The Morgan fingerprint density at radius 3 is 1.06 bits per heavy atom. The highest BCUT2D eigenvalue weighted by molar-refractivity contribution is 5.96. The molecule has 18 heteroatoms. The van der Waals surface area contributed by atoms with Crippen molar-refractivity contribution in [1.82, 2.24) is 51.5 Å². The molecule has 450 valence electrons. The highest BCUT2D eigenvalue weighted by Gasteiger charge is 2.48. The second-order valence-electron chi connectivity index (χ2n) is 23.2. The van der Waals surface area contributed by atoms with E-state index in [1.165, 1.54) is 0 Å². The van der Waals surface area contributed by atoms with E-state index in [9.17, 15) is 38.4 Å². The van der Waals surface area contributed by atoms with Crippen LogP contribution in [-0.4, -0.2) is 155 Å². The predicted molar refractivity (Wildman–Crippen MR) is 323 cm³/mol. The van der Waals surface area contributed by atoms with Crippen LogP contribution < -0.4 is 31.9 Å². The van der Waals surface area contributed by atoms with E-state index in [4.69, 9.17) is 0 Å². The molecule has 18 nitrogen and oxygen atoms in total. The Labute approximate surface area is 496 Å². The van der Waals surface area contributed by atoms with Crippen LogP contribution in [0.25, 0.3) is 0 Å². The lowest BCUT2D eigenvalue weighted by Crippen LogP contribution is -2.62. The molecule has 0 aliphatic carbocycles. The average Bonchev–Trinajstić information content (AvgIpc) is 3.08. The Morgan fingerprint density at radius 1 is 0.440 bits per heavy atom. The van der Waals surface area contributed by atoms with E-state index in [0.29, 0.717) is 77.3 Å². The van der Waals surface area contributed by atoms with Crippen molar-refractivity contribution >= 4 is 47.3 Å². The van der Waals surface area contributed by atoms with Gasteiger partial charge in [0.25, 0.3) is 0 Å². The van der Waals surface area contributed by atoms with Crippen molar-refractivity contribution in [3.8, 4) is 0 Å². The minimum Gasteiger partial charge on any atom is -0.343 e. The Bertz CT molecular complexity index is 2560. The van der Waals surface area contributed by atoms with Crippen molar-refractivity contribution in [3.63, 3.8) is 0 Å². The molecule has 4 heterocycles. The van der Waals surface area contributed by atoms with E-state index in [-0.39, 0.29) is 72.4 Å². The number of nitrogens with one attached hydrogen (secondary N) is 6. The van der Waals surface area contributed by atoms with Crippen LogP contribution in [0, 0.1) is 0 Å². The zero-order valence-corrected chi connectivity index (χ0v) is 49.5. The van der Waals surface area contributed by atoms with Crippen molar-refractivity contribution in [1.29, 1.82) is 0 Å². The molecule has 0 bridgehead atoms. The Hall–Kier alpha value is -7.44. The molecule has 4 aliphatic heterocycles. The highest BCUT2D eigenvalue weighted by Crippen LogP contribution is 2.34. The van der Waals surface area contributed by atoms with Gasteiger partial charge in [0.05, 0.1) is 24.2 Å². The van der Waals surface area contributed by atoms with E-state index in [2.05, 4.69) is 31.9 Å². The van der Waals surface area contributed by atoms with Crippen molar-refractivity contribution in [2.75, 3.05) is 40.3 Å². The largest absolute Gasteiger partial charge is 0.343 e. The maximum Gasteiger partial charge on any atom is 0.247 e. The van der Waals surface area contributed by atoms with Crippen molar-refractivity contribution in [3.05, 3.63) is 144 Å². The van der Waals surface area contributed by atoms with Gasteiger partial charge in [-0.25, -0.2) is 0 Å². The smallest absolute Gasteiger partial charge is 0.247 e.